The van der Waals surface area contributed by atoms with E-state index >= 15 is 0 Å². The lowest BCUT2D eigenvalue weighted by atomic mass is 10.1. The summed E-state index contributed by atoms with van der Waals surface area (Å²) in [6.07, 6.45) is 1.16. The van der Waals surface area contributed by atoms with E-state index in [4.69, 9.17) is 9.47 Å². The lowest BCUT2D eigenvalue weighted by molar-refractivity contribution is 0.0931. The van der Waals surface area contributed by atoms with E-state index in [1.54, 1.807) is 7.11 Å². The van der Waals surface area contributed by atoms with Crippen LogP contribution in [-0.4, -0.2) is 52.9 Å². The number of anilines is 1. The van der Waals surface area contributed by atoms with E-state index in [0.29, 0.717) is 18.4 Å². The van der Waals surface area contributed by atoms with Crippen LogP contribution >= 0.6 is 24.0 Å². The van der Waals surface area contributed by atoms with Crippen LogP contribution in [-0.2, 0) is 11.3 Å². The summed E-state index contributed by atoms with van der Waals surface area (Å²) in [5, 5.41) is 6.92. The highest BCUT2D eigenvalue weighted by atomic mass is 127. The number of aliphatic imine (C=N–C) groups is 1. The molecule has 1 heterocycles. The maximum Gasteiger partial charge on any atom is 0.190 e. The summed E-state index contributed by atoms with van der Waals surface area (Å²) >= 11 is 0. The molecule has 2 N–H and O–H groups in total. The number of methoxy groups -OCH3 is 1. The number of benzene rings is 2. The molecule has 7 heteroatoms. The number of rotatable bonds is 10. The van der Waals surface area contributed by atoms with E-state index in [1.807, 2.05) is 37.4 Å². The van der Waals surface area contributed by atoms with Gasteiger partial charge < -0.3 is 25.0 Å². The molecule has 2 unspecified atom stereocenters. The molecule has 2 aromatic rings. The van der Waals surface area contributed by atoms with Gasteiger partial charge in [-0.15, -0.1) is 24.0 Å². The van der Waals surface area contributed by atoms with Crippen LogP contribution in [0.15, 0.2) is 59.6 Å². The Morgan fingerprint density at radius 2 is 1.88 bits per heavy atom. The third kappa shape index (κ3) is 8.16. The number of guanidine groups is 1. The molecule has 2 aromatic carbocycles. The molecule has 6 nitrogen and oxygen atoms in total. The van der Waals surface area contributed by atoms with Crippen molar-refractivity contribution in [2.75, 3.05) is 51.8 Å². The fourth-order valence-corrected chi connectivity index (χ4v) is 3.85. The third-order valence-corrected chi connectivity index (χ3v) is 5.63. The molecular formula is C25H37IN4O2. The van der Waals surface area contributed by atoms with Gasteiger partial charge in [0.1, 0.15) is 5.75 Å². The molecule has 3 rings (SSSR count). The predicted octanol–water partition coefficient (Wildman–Crippen LogP) is 4.16. The molecule has 1 fully saturated rings. The minimum absolute atomic E-state index is 0. The van der Waals surface area contributed by atoms with Crippen LogP contribution in [0.3, 0.4) is 0 Å². The van der Waals surface area contributed by atoms with E-state index in [0.717, 1.165) is 50.9 Å². The van der Waals surface area contributed by atoms with Gasteiger partial charge in [-0.1, -0.05) is 49.4 Å². The molecule has 0 bridgehead atoms. The largest absolute Gasteiger partial charge is 0.495 e. The normalized spacial score (nSPS) is 16.9. The molecule has 1 aliphatic heterocycles. The van der Waals surface area contributed by atoms with Gasteiger partial charge in [0, 0.05) is 33.2 Å². The van der Waals surface area contributed by atoms with Gasteiger partial charge in [0.05, 0.1) is 26.0 Å². The summed E-state index contributed by atoms with van der Waals surface area (Å²) in [6, 6.07) is 18.5. The van der Waals surface area contributed by atoms with Crippen LogP contribution in [0.25, 0.3) is 0 Å². The quantitative estimate of drug-likeness (QED) is 0.264. The highest BCUT2D eigenvalue weighted by molar-refractivity contribution is 14.0. The first-order chi connectivity index (χ1) is 15.2. The van der Waals surface area contributed by atoms with Crippen LogP contribution in [0, 0.1) is 11.8 Å². The van der Waals surface area contributed by atoms with Crippen LogP contribution < -0.4 is 20.3 Å². The highest BCUT2D eigenvalue weighted by Crippen LogP contribution is 2.31. The van der Waals surface area contributed by atoms with Gasteiger partial charge in [0.2, 0.25) is 0 Å². The molecule has 2 atom stereocenters. The van der Waals surface area contributed by atoms with Crippen LogP contribution in [0.5, 0.6) is 5.75 Å². The molecule has 32 heavy (non-hydrogen) atoms. The molecule has 0 radical (unpaired) electrons. The Bertz CT molecular complexity index is 819. The van der Waals surface area contributed by atoms with Gasteiger partial charge >= 0.3 is 0 Å². The van der Waals surface area contributed by atoms with Gasteiger partial charge in [0.25, 0.3) is 0 Å². The number of hydrogen-bond acceptors (Lipinski definition) is 4. The average Bonchev–Trinajstić information content (AvgIpc) is 3.28. The first-order valence-electron chi connectivity index (χ1n) is 11.1. The SMILES string of the molecule is CN=C(NCC(C)COCc1ccccc1)NCC1CCN(c2ccccc2OC)C1.I. The van der Waals surface area contributed by atoms with E-state index in [2.05, 4.69) is 51.7 Å². The number of ether oxygens (including phenoxy) is 2. The number of halogens is 1. The predicted molar refractivity (Wildman–Crippen MR) is 143 cm³/mol. The Balaban J connectivity index is 0.00000363. The molecular weight excluding hydrogens is 515 g/mol. The number of para-hydroxylation sites is 2. The summed E-state index contributed by atoms with van der Waals surface area (Å²) in [6.45, 7) is 7.37. The highest BCUT2D eigenvalue weighted by Gasteiger charge is 2.24. The average molecular weight is 553 g/mol. The molecule has 0 aromatic heterocycles. The number of nitrogens with one attached hydrogen (secondary N) is 2. The van der Waals surface area contributed by atoms with Gasteiger partial charge in [-0.2, -0.15) is 0 Å². The fraction of sp³-hybridized carbons (Fsp3) is 0.480. The monoisotopic (exact) mass is 552 g/mol. The molecule has 0 saturated carbocycles. The van der Waals surface area contributed by atoms with Crippen molar-refractivity contribution in [2.24, 2.45) is 16.8 Å². The Labute approximate surface area is 209 Å². The Morgan fingerprint density at radius 1 is 1.12 bits per heavy atom. The van der Waals surface area contributed by atoms with E-state index in [-0.39, 0.29) is 24.0 Å². The summed E-state index contributed by atoms with van der Waals surface area (Å²) in [5.74, 6) is 2.77. The van der Waals surface area contributed by atoms with Crippen molar-refractivity contribution in [1.29, 1.82) is 0 Å². The van der Waals surface area contributed by atoms with Crippen LogP contribution in [0.1, 0.15) is 18.9 Å². The first-order valence-corrected chi connectivity index (χ1v) is 11.1. The second kappa shape index (κ2) is 14.2. The Morgan fingerprint density at radius 3 is 2.62 bits per heavy atom. The van der Waals surface area contributed by atoms with E-state index in [9.17, 15) is 0 Å². The first kappa shape index (κ1) is 26.3. The van der Waals surface area contributed by atoms with E-state index in [1.165, 1.54) is 11.3 Å². The molecule has 1 saturated heterocycles. The molecule has 0 aliphatic carbocycles. The van der Waals surface area contributed by atoms with Crippen LogP contribution in [0.2, 0.25) is 0 Å². The van der Waals surface area contributed by atoms with Gasteiger partial charge in [-0.05, 0) is 36.0 Å². The van der Waals surface area contributed by atoms with Crippen molar-refractivity contribution in [3.05, 3.63) is 60.2 Å². The Kier molecular flexibility index (Phi) is 11.7. The summed E-state index contributed by atoms with van der Waals surface area (Å²) < 4.78 is 11.4. The third-order valence-electron chi connectivity index (χ3n) is 5.63. The van der Waals surface area contributed by atoms with E-state index < -0.39 is 0 Å². The topological polar surface area (TPSA) is 58.1 Å². The zero-order chi connectivity index (χ0) is 21.9. The fourth-order valence-electron chi connectivity index (χ4n) is 3.85. The van der Waals surface area contributed by atoms with Gasteiger partial charge in [0.15, 0.2) is 5.96 Å². The van der Waals surface area contributed by atoms with Crippen molar-refractivity contribution >= 4 is 35.6 Å². The minimum Gasteiger partial charge on any atom is -0.495 e. The van der Waals surface area contributed by atoms with Crippen molar-refractivity contribution in [1.82, 2.24) is 10.6 Å². The van der Waals surface area contributed by atoms with Crippen molar-refractivity contribution < 1.29 is 9.47 Å². The molecule has 176 valence electrons. The second-order valence-electron chi connectivity index (χ2n) is 8.21. The van der Waals surface area contributed by atoms with Crippen molar-refractivity contribution in [3.8, 4) is 5.75 Å². The molecule has 0 spiro atoms. The van der Waals surface area contributed by atoms with Crippen LogP contribution in [0.4, 0.5) is 5.69 Å². The summed E-state index contributed by atoms with van der Waals surface area (Å²) in [7, 11) is 3.55. The maximum atomic E-state index is 5.85. The van der Waals surface area contributed by atoms with Gasteiger partial charge in [-0.3, -0.25) is 4.99 Å². The zero-order valence-corrected chi connectivity index (χ0v) is 21.8. The van der Waals surface area contributed by atoms with Crippen molar-refractivity contribution in [3.63, 3.8) is 0 Å². The zero-order valence-electron chi connectivity index (χ0n) is 19.4. The lowest BCUT2D eigenvalue weighted by Gasteiger charge is -2.22. The second-order valence-corrected chi connectivity index (χ2v) is 8.21. The smallest absolute Gasteiger partial charge is 0.190 e. The minimum atomic E-state index is 0. The lowest BCUT2D eigenvalue weighted by Crippen LogP contribution is -2.42. The number of nitrogens with zero attached hydrogens (tertiary/aromatic N) is 2. The number of hydrogen-bond donors (Lipinski definition) is 2. The summed E-state index contributed by atoms with van der Waals surface area (Å²) in [5.41, 5.74) is 2.39. The summed E-state index contributed by atoms with van der Waals surface area (Å²) in [4.78, 5) is 6.78. The van der Waals surface area contributed by atoms with Crippen molar-refractivity contribution in [2.45, 2.75) is 20.0 Å². The molecule has 0 amide bonds. The maximum absolute atomic E-state index is 5.85. The molecule has 1 aliphatic rings. The van der Waals surface area contributed by atoms with Gasteiger partial charge in [-0.25, -0.2) is 0 Å². The standard InChI is InChI=1S/C25H36N4O2.HI/c1-20(18-31-19-21-9-5-4-6-10-21)15-27-25(26-2)28-16-22-13-14-29(17-22)23-11-7-8-12-24(23)30-3;/h4-12,20,22H,13-19H2,1-3H3,(H2,26,27,28);1H. The Hall–Kier alpha value is -2.00.